The predicted molar refractivity (Wildman–Crippen MR) is 128 cm³/mol. The normalized spacial score (nSPS) is 12.5. The number of benzene rings is 1. The van der Waals surface area contributed by atoms with Gasteiger partial charge in [-0.3, -0.25) is 19.6 Å². The van der Waals surface area contributed by atoms with Crippen molar-refractivity contribution in [3.05, 3.63) is 47.2 Å². The summed E-state index contributed by atoms with van der Waals surface area (Å²) in [6.45, 7) is 5.34. The molecule has 0 saturated carbocycles. The molecule has 1 aromatic heterocycles. The van der Waals surface area contributed by atoms with E-state index in [1.54, 1.807) is 32.0 Å². The van der Waals surface area contributed by atoms with Gasteiger partial charge in [0.2, 0.25) is 12.3 Å². The van der Waals surface area contributed by atoms with Crippen molar-refractivity contribution in [1.82, 2.24) is 15.7 Å². The van der Waals surface area contributed by atoms with Crippen LogP contribution in [0.5, 0.6) is 0 Å². The van der Waals surface area contributed by atoms with E-state index in [2.05, 4.69) is 10.6 Å². The number of furan rings is 1. The summed E-state index contributed by atoms with van der Waals surface area (Å²) in [5.74, 6) is -2.29. The van der Waals surface area contributed by atoms with E-state index in [9.17, 15) is 29.5 Å². The highest BCUT2D eigenvalue weighted by molar-refractivity contribution is 5.93. The molecule has 10 heteroatoms. The van der Waals surface area contributed by atoms with Gasteiger partial charge >= 0.3 is 5.97 Å². The number of aromatic carboxylic acids is 1. The van der Waals surface area contributed by atoms with E-state index in [-0.39, 0.29) is 30.3 Å². The first kappa shape index (κ1) is 27.6. The highest BCUT2D eigenvalue weighted by Crippen LogP contribution is 2.25. The molecule has 3 amide bonds. The molecule has 1 unspecified atom stereocenters. The van der Waals surface area contributed by atoms with E-state index in [0.29, 0.717) is 34.8 Å². The van der Waals surface area contributed by atoms with Crippen molar-refractivity contribution in [1.29, 1.82) is 0 Å². The predicted octanol–water partition coefficient (Wildman–Crippen LogP) is 3.58. The van der Waals surface area contributed by atoms with Crippen molar-refractivity contribution < 1.29 is 33.9 Å². The summed E-state index contributed by atoms with van der Waals surface area (Å²) in [6, 6.07) is 7.20. The standard InChI is InChI=1S/C25H33N3O7/c1-4-6-7-8-18(20(5-2)28(34)15-29)23(30)26-14-27-24(31)22-12-11-21(35-22)17-10-9-16(3)19(13-17)25(32)33/h9-13,15,18,20,34H,4-8,14H2,1-3H3,(H,26,30)(H,27,31)(H,32,33)/t18?,20-/m1/s1. The Hall–Kier alpha value is -3.66. The maximum atomic E-state index is 12.8. The quantitative estimate of drug-likeness (QED) is 0.105. The Morgan fingerprint density at radius 2 is 1.86 bits per heavy atom. The zero-order chi connectivity index (χ0) is 26.0. The third kappa shape index (κ3) is 7.41. The van der Waals surface area contributed by atoms with Gasteiger partial charge in [-0.1, -0.05) is 45.2 Å². The highest BCUT2D eigenvalue weighted by atomic mass is 16.5. The molecule has 0 saturated heterocycles. The largest absolute Gasteiger partial charge is 0.478 e. The van der Waals surface area contributed by atoms with Crippen LogP contribution >= 0.6 is 0 Å². The van der Waals surface area contributed by atoms with Crippen LogP contribution in [0.4, 0.5) is 0 Å². The Bertz CT molecular complexity index is 1030. The Morgan fingerprint density at radius 1 is 1.11 bits per heavy atom. The van der Waals surface area contributed by atoms with E-state index in [1.165, 1.54) is 12.1 Å². The lowest BCUT2D eigenvalue weighted by Crippen LogP contribution is -2.47. The summed E-state index contributed by atoms with van der Waals surface area (Å²) >= 11 is 0. The van der Waals surface area contributed by atoms with Crippen molar-refractivity contribution in [3.63, 3.8) is 0 Å². The molecule has 35 heavy (non-hydrogen) atoms. The summed E-state index contributed by atoms with van der Waals surface area (Å²) in [7, 11) is 0. The molecule has 0 aliphatic rings. The lowest BCUT2D eigenvalue weighted by molar-refractivity contribution is -0.168. The number of hydroxylamine groups is 2. The van der Waals surface area contributed by atoms with Crippen LogP contribution in [0, 0.1) is 12.8 Å². The molecule has 1 aromatic carbocycles. The molecule has 10 nitrogen and oxygen atoms in total. The number of carboxylic acids is 1. The fourth-order valence-corrected chi connectivity index (χ4v) is 3.90. The Morgan fingerprint density at radius 3 is 2.49 bits per heavy atom. The van der Waals surface area contributed by atoms with Gasteiger partial charge in [-0.2, -0.15) is 0 Å². The van der Waals surface area contributed by atoms with E-state index >= 15 is 0 Å². The van der Waals surface area contributed by atoms with Crippen LogP contribution in [0.1, 0.15) is 72.4 Å². The average Bonchev–Trinajstić information content (AvgIpc) is 3.33. The second-order valence-electron chi connectivity index (χ2n) is 8.29. The summed E-state index contributed by atoms with van der Waals surface area (Å²) in [5.41, 5.74) is 1.27. The van der Waals surface area contributed by atoms with Gasteiger partial charge in [0.1, 0.15) is 5.76 Å². The number of nitrogens with one attached hydrogen (secondary N) is 2. The zero-order valence-electron chi connectivity index (χ0n) is 20.2. The van der Waals surface area contributed by atoms with Crippen molar-refractivity contribution >= 4 is 24.2 Å². The van der Waals surface area contributed by atoms with Crippen molar-refractivity contribution in [2.45, 2.75) is 58.9 Å². The van der Waals surface area contributed by atoms with Crippen molar-refractivity contribution in [2.75, 3.05) is 6.67 Å². The summed E-state index contributed by atoms with van der Waals surface area (Å²) in [4.78, 5) is 47.7. The molecule has 0 spiro atoms. The number of aryl methyl sites for hydroxylation is 1. The SMILES string of the molecule is CCCCCC(C(=O)NCNC(=O)c1ccc(-c2ccc(C)c(C(=O)O)c2)o1)[C@@H](CC)N(O)C=O. The second-order valence-corrected chi connectivity index (χ2v) is 8.29. The third-order valence-corrected chi connectivity index (χ3v) is 5.88. The number of nitrogens with zero attached hydrogens (tertiary/aromatic N) is 1. The van der Waals surface area contributed by atoms with Crippen LogP contribution in [0.25, 0.3) is 11.3 Å². The molecule has 0 radical (unpaired) electrons. The summed E-state index contributed by atoms with van der Waals surface area (Å²) in [5, 5.41) is 24.9. The first-order valence-corrected chi connectivity index (χ1v) is 11.7. The number of amides is 3. The minimum atomic E-state index is -1.06. The maximum Gasteiger partial charge on any atom is 0.335 e. The van der Waals surface area contributed by atoms with Gasteiger partial charge < -0.3 is 20.2 Å². The topological polar surface area (TPSA) is 149 Å². The van der Waals surface area contributed by atoms with Gasteiger partial charge in [0.25, 0.3) is 5.91 Å². The minimum Gasteiger partial charge on any atom is -0.478 e. The molecule has 2 aromatic rings. The van der Waals surface area contributed by atoms with E-state index in [0.717, 1.165) is 19.3 Å². The van der Waals surface area contributed by atoms with E-state index < -0.39 is 23.8 Å². The monoisotopic (exact) mass is 487 g/mol. The smallest absolute Gasteiger partial charge is 0.335 e. The van der Waals surface area contributed by atoms with E-state index in [1.807, 2.05) is 6.92 Å². The average molecular weight is 488 g/mol. The first-order chi connectivity index (χ1) is 16.7. The van der Waals surface area contributed by atoms with Crippen LogP contribution in [-0.4, -0.2) is 52.3 Å². The molecule has 4 N–H and O–H groups in total. The lowest BCUT2D eigenvalue weighted by atomic mass is 9.90. The first-order valence-electron chi connectivity index (χ1n) is 11.7. The van der Waals surface area contributed by atoms with Gasteiger partial charge in [-0.05, 0) is 43.5 Å². The fraction of sp³-hybridized carbons (Fsp3) is 0.440. The lowest BCUT2D eigenvalue weighted by Gasteiger charge is -2.29. The molecule has 0 aliphatic carbocycles. The van der Waals surface area contributed by atoms with Crippen molar-refractivity contribution in [3.8, 4) is 11.3 Å². The van der Waals surface area contributed by atoms with Gasteiger partial charge in [0.15, 0.2) is 5.76 Å². The summed E-state index contributed by atoms with van der Waals surface area (Å²) in [6.07, 6.45) is 3.82. The molecule has 2 rings (SSSR count). The van der Waals surface area contributed by atoms with Gasteiger partial charge in [0.05, 0.1) is 24.2 Å². The number of unbranched alkanes of at least 4 members (excludes halogenated alkanes) is 2. The van der Waals surface area contributed by atoms with Crippen LogP contribution in [0.2, 0.25) is 0 Å². The summed E-state index contributed by atoms with van der Waals surface area (Å²) < 4.78 is 5.58. The molecular weight excluding hydrogens is 454 g/mol. The van der Waals surface area contributed by atoms with Gasteiger partial charge in [-0.25, -0.2) is 9.86 Å². The molecule has 0 aliphatic heterocycles. The van der Waals surface area contributed by atoms with Crippen LogP contribution in [0.15, 0.2) is 34.7 Å². The van der Waals surface area contributed by atoms with Gasteiger partial charge in [0, 0.05) is 5.56 Å². The molecule has 0 bridgehead atoms. The number of carbonyl (C=O) groups excluding carboxylic acids is 3. The zero-order valence-corrected chi connectivity index (χ0v) is 20.2. The van der Waals surface area contributed by atoms with Crippen molar-refractivity contribution in [2.24, 2.45) is 5.92 Å². The Kier molecular flexibility index (Phi) is 10.5. The molecule has 190 valence electrons. The molecule has 2 atom stereocenters. The second kappa shape index (κ2) is 13.3. The number of carbonyl (C=O) groups is 4. The number of hydrogen-bond donors (Lipinski definition) is 4. The third-order valence-electron chi connectivity index (χ3n) is 5.88. The minimum absolute atomic E-state index is 0.000109. The highest BCUT2D eigenvalue weighted by Gasteiger charge is 2.30. The number of carboxylic acid groups (broad SMARTS) is 1. The van der Waals surface area contributed by atoms with E-state index in [4.69, 9.17) is 4.42 Å². The molecule has 0 fully saturated rings. The fourth-order valence-electron chi connectivity index (χ4n) is 3.90. The molecule has 1 heterocycles. The maximum absolute atomic E-state index is 12.8. The number of rotatable bonds is 14. The number of hydrogen-bond acceptors (Lipinski definition) is 6. The molecular formula is C25H33N3O7. The van der Waals surface area contributed by atoms with Crippen LogP contribution in [0.3, 0.4) is 0 Å². The Balaban J connectivity index is 2.01. The van der Waals surface area contributed by atoms with Crippen LogP contribution in [-0.2, 0) is 9.59 Å². The Labute approximate surface area is 204 Å². The van der Waals surface area contributed by atoms with Gasteiger partial charge in [-0.15, -0.1) is 0 Å². The van der Waals surface area contributed by atoms with Crippen LogP contribution < -0.4 is 10.6 Å².